The zero-order valence-corrected chi connectivity index (χ0v) is 10.2. The zero-order chi connectivity index (χ0) is 13.9. The average molecular weight is 257 g/mol. The molecule has 1 aliphatic rings. The Kier molecular flexibility index (Phi) is 4.24. The van der Waals surface area contributed by atoms with Gasteiger partial charge in [0.15, 0.2) is 0 Å². The van der Waals surface area contributed by atoms with Crippen LogP contribution in [0.2, 0.25) is 0 Å². The number of likely N-dealkylation sites (N-methyl/N-ethyl adjacent to an activating group) is 1. The van der Waals surface area contributed by atoms with Crippen LogP contribution in [-0.2, 0) is 14.4 Å². The van der Waals surface area contributed by atoms with Gasteiger partial charge in [-0.15, -0.1) is 0 Å². The highest BCUT2D eigenvalue weighted by Crippen LogP contribution is 2.07. The molecular formula is C10H15N3O5. The molecule has 0 saturated carbocycles. The minimum absolute atomic E-state index is 0.0672. The first-order valence-corrected chi connectivity index (χ1v) is 5.44. The molecule has 8 heteroatoms. The average Bonchev–Trinajstić information content (AvgIpc) is 2.52. The SMILES string of the molecule is CCC(NC(=O)CN1C(=O)CN(C)C1=O)C(=O)O. The molecule has 100 valence electrons. The number of hydrogen-bond donors (Lipinski definition) is 2. The van der Waals surface area contributed by atoms with E-state index in [0.29, 0.717) is 0 Å². The van der Waals surface area contributed by atoms with Crippen LogP contribution in [0.5, 0.6) is 0 Å². The molecule has 8 nitrogen and oxygen atoms in total. The molecule has 1 atom stereocenters. The molecule has 0 radical (unpaired) electrons. The molecule has 1 rings (SSSR count). The van der Waals surface area contributed by atoms with Crippen molar-refractivity contribution < 1.29 is 24.3 Å². The number of aliphatic carboxylic acids is 1. The molecule has 1 unspecified atom stereocenters. The van der Waals surface area contributed by atoms with Crippen molar-refractivity contribution in [2.24, 2.45) is 0 Å². The summed E-state index contributed by atoms with van der Waals surface area (Å²) in [5.41, 5.74) is 0. The molecule has 18 heavy (non-hydrogen) atoms. The van der Waals surface area contributed by atoms with Gasteiger partial charge in [0.2, 0.25) is 5.91 Å². The van der Waals surface area contributed by atoms with E-state index in [4.69, 9.17) is 5.11 Å². The van der Waals surface area contributed by atoms with Gasteiger partial charge < -0.3 is 15.3 Å². The number of hydrogen-bond acceptors (Lipinski definition) is 4. The second-order valence-electron chi connectivity index (χ2n) is 3.99. The molecule has 1 aliphatic heterocycles. The third-order valence-electron chi connectivity index (χ3n) is 2.57. The standard InChI is InChI=1S/C10H15N3O5/c1-3-6(9(16)17)11-7(14)4-13-8(15)5-12(2)10(13)18/h6H,3-5H2,1-2H3,(H,11,14)(H,16,17). The van der Waals surface area contributed by atoms with Crippen LogP contribution in [0.1, 0.15) is 13.3 Å². The Morgan fingerprint density at radius 3 is 2.44 bits per heavy atom. The quantitative estimate of drug-likeness (QED) is 0.605. The smallest absolute Gasteiger partial charge is 0.327 e. The Morgan fingerprint density at radius 1 is 1.44 bits per heavy atom. The summed E-state index contributed by atoms with van der Waals surface area (Å²) in [6.45, 7) is 1.09. The first-order valence-electron chi connectivity index (χ1n) is 5.44. The van der Waals surface area contributed by atoms with E-state index >= 15 is 0 Å². The van der Waals surface area contributed by atoms with E-state index in [0.717, 1.165) is 4.90 Å². The minimum Gasteiger partial charge on any atom is -0.480 e. The minimum atomic E-state index is -1.15. The van der Waals surface area contributed by atoms with Crippen molar-refractivity contribution in [2.45, 2.75) is 19.4 Å². The van der Waals surface area contributed by atoms with Gasteiger partial charge in [-0.2, -0.15) is 0 Å². The van der Waals surface area contributed by atoms with E-state index in [1.807, 2.05) is 0 Å². The molecule has 0 spiro atoms. The Morgan fingerprint density at radius 2 is 2.06 bits per heavy atom. The van der Waals surface area contributed by atoms with Gasteiger partial charge in [-0.05, 0) is 6.42 Å². The summed E-state index contributed by atoms with van der Waals surface area (Å²) in [6.07, 6.45) is 0.225. The van der Waals surface area contributed by atoms with Gasteiger partial charge >= 0.3 is 12.0 Å². The van der Waals surface area contributed by atoms with Gasteiger partial charge in [0, 0.05) is 7.05 Å². The topological polar surface area (TPSA) is 107 Å². The lowest BCUT2D eigenvalue weighted by Gasteiger charge is -2.16. The number of urea groups is 1. The van der Waals surface area contributed by atoms with E-state index in [-0.39, 0.29) is 13.0 Å². The van der Waals surface area contributed by atoms with Crippen LogP contribution < -0.4 is 5.32 Å². The number of carbonyl (C=O) groups excluding carboxylic acids is 3. The third kappa shape index (κ3) is 2.96. The fourth-order valence-electron chi connectivity index (χ4n) is 1.55. The summed E-state index contributed by atoms with van der Waals surface area (Å²) < 4.78 is 0. The molecule has 0 bridgehead atoms. The van der Waals surface area contributed by atoms with Crippen molar-refractivity contribution in [3.05, 3.63) is 0 Å². The van der Waals surface area contributed by atoms with Crippen molar-refractivity contribution in [2.75, 3.05) is 20.1 Å². The molecule has 0 aliphatic carbocycles. The van der Waals surface area contributed by atoms with E-state index in [9.17, 15) is 19.2 Å². The number of nitrogens with zero attached hydrogens (tertiary/aromatic N) is 2. The van der Waals surface area contributed by atoms with E-state index in [1.165, 1.54) is 11.9 Å². The third-order valence-corrected chi connectivity index (χ3v) is 2.57. The molecular weight excluding hydrogens is 242 g/mol. The van der Waals surface area contributed by atoms with Gasteiger partial charge in [0.05, 0.1) is 0 Å². The van der Waals surface area contributed by atoms with Crippen molar-refractivity contribution in [1.82, 2.24) is 15.1 Å². The van der Waals surface area contributed by atoms with Crippen LogP contribution >= 0.6 is 0 Å². The van der Waals surface area contributed by atoms with Gasteiger partial charge in [0.25, 0.3) is 5.91 Å². The lowest BCUT2D eigenvalue weighted by atomic mass is 10.2. The highest BCUT2D eigenvalue weighted by molar-refractivity contribution is 6.04. The second-order valence-corrected chi connectivity index (χ2v) is 3.99. The van der Waals surface area contributed by atoms with Crippen LogP contribution in [0.3, 0.4) is 0 Å². The number of rotatable bonds is 5. The summed E-state index contributed by atoms with van der Waals surface area (Å²) in [7, 11) is 1.45. The maximum atomic E-state index is 11.5. The molecule has 0 aromatic carbocycles. The number of amides is 4. The first-order chi connectivity index (χ1) is 8.36. The predicted molar refractivity (Wildman–Crippen MR) is 59.6 cm³/mol. The normalized spacial score (nSPS) is 17.0. The lowest BCUT2D eigenvalue weighted by Crippen LogP contribution is -2.46. The number of imide groups is 1. The van der Waals surface area contributed by atoms with E-state index in [1.54, 1.807) is 6.92 Å². The fraction of sp³-hybridized carbons (Fsp3) is 0.600. The highest BCUT2D eigenvalue weighted by atomic mass is 16.4. The van der Waals surface area contributed by atoms with Crippen LogP contribution in [0.15, 0.2) is 0 Å². The number of carboxylic acid groups (broad SMARTS) is 1. The molecule has 1 fully saturated rings. The number of carboxylic acids is 1. The van der Waals surface area contributed by atoms with Gasteiger partial charge in [-0.3, -0.25) is 14.5 Å². The maximum absolute atomic E-state index is 11.5. The molecule has 0 aromatic heterocycles. The fourth-order valence-corrected chi connectivity index (χ4v) is 1.55. The Balaban J connectivity index is 2.57. The Labute approximate surface area is 104 Å². The summed E-state index contributed by atoms with van der Waals surface area (Å²) in [5, 5.41) is 11.0. The Bertz CT molecular complexity index is 395. The summed E-state index contributed by atoms with van der Waals surface area (Å²) >= 11 is 0. The molecule has 4 amide bonds. The van der Waals surface area contributed by atoms with Crippen LogP contribution in [-0.4, -0.2) is 64.9 Å². The second kappa shape index (κ2) is 5.48. The lowest BCUT2D eigenvalue weighted by molar-refractivity contribution is -0.142. The van der Waals surface area contributed by atoms with Crippen LogP contribution in [0.25, 0.3) is 0 Å². The highest BCUT2D eigenvalue weighted by Gasteiger charge is 2.35. The number of nitrogens with one attached hydrogen (secondary N) is 1. The molecule has 1 saturated heterocycles. The maximum Gasteiger partial charge on any atom is 0.327 e. The van der Waals surface area contributed by atoms with Crippen molar-refractivity contribution in [3.8, 4) is 0 Å². The van der Waals surface area contributed by atoms with Crippen molar-refractivity contribution in [1.29, 1.82) is 0 Å². The van der Waals surface area contributed by atoms with Crippen LogP contribution in [0, 0.1) is 0 Å². The van der Waals surface area contributed by atoms with Crippen molar-refractivity contribution in [3.63, 3.8) is 0 Å². The zero-order valence-electron chi connectivity index (χ0n) is 10.2. The summed E-state index contributed by atoms with van der Waals surface area (Å²) in [5.74, 6) is -2.29. The molecule has 1 heterocycles. The summed E-state index contributed by atoms with van der Waals surface area (Å²) in [4.78, 5) is 47.1. The molecule has 0 aromatic rings. The van der Waals surface area contributed by atoms with Crippen LogP contribution in [0.4, 0.5) is 4.79 Å². The molecule has 2 N–H and O–H groups in total. The van der Waals surface area contributed by atoms with Gasteiger partial charge in [0.1, 0.15) is 19.1 Å². The van der Waals surface area contributed by atoms with E-state index in [2.05, 4.69) is 5.32 Å². The van der Waals surface area contributed by atoms with E-state index < -0.39 is 36.4 Å². The monoisotopic (exact) mass is 257 g/mol. The van der Waals surface area contributed by atoms with Crippen molar-refractivity contribution >= 4 is 23.8 Å². The van der Waals surface area contributed by atoms with Gasteiger partial charge in [-0.1, -0.05) is 6.92 Å². The predicted octanol–water partition coefficient (Wildman–Crippen LogP) is -1.14. The van der Waals surface area contributed by atoms with Gasteiger partial charge in [-0.25, -0.2) is 9.59 Å². The Hall–Kier alpha value is -2.12. The number of carbonyl (C=O) groups is 4. The first kappa shape index (κ1) is 13.9. The largest absolute Gasteiger partial charge is 0.480 e. The summed E-state index contributed by atoms with van der Waals surface area (Å²) in [6, 6.07) is -1.57.